The lowest BCUT2D eigenvalue weighted by Crippen LogP contribution is -2.46. The first kappa shape index (κ1) is 23.9. The number of rotatable bonds is 8. The minimum Gasteiger partial charge on any atom is -0.466 e. The molecular formula is C17H33IN4O3. The van der Waals surface area contributed by atoms with Gasteiger partial charge in [0.2, 0.25) is 5.91 Å². The highest BCUT2D eigenvalue weighted by Crippen LogP contribution is 2.20. The van der Waals surface area contributed by atoms with Gasteiger partial charge in [-0.1, -0.05) is 0 Å². The number of hydrogen-bond acceptors (Lipinski definition) is 4. The Hall–Kier alpha value is -1.06. The highest BCUT2D eigenvalue weighted by molar-refractivity contribution is 14.0. The van der Waals surface area contributed by atoms with Crippen molar-refractivity contribution in [3.8, 4) is 0 Å². The molecule has 1 heterocycles. The first-order valence-electron chi connectivity index (χ1n) is 9.00. The average molecular weight is 468 g/mol. The van der Waals surface area contributed by atoms with Crippen LogP contribution in [0.5, 0.6) is 0 Å². The molecule has 1 aliphatic rings. The highest BCUT2D eigenvalue weighted by Gasteiger charge is 2.22. The Morgan fingerprint density at radius 2 is 1.92 bits per heavy atom. The van der Waals surface area contributed by atoms with Crippen LogP contribution in [-0.2, 0) is 14.3 Å². The third kappa shape index (κ3) is 9.86. The van der Waals surface area contributed by atoms with E-state index in [-0.39, 0.29) is 35.9 Å². The number of esters is 1. The van der Waals surface area contributed by atoms with Crippen molar-refractivity contribution in [2.45, 2.75) is 46.0 Å². The van der Waals surface area contributed by atoms with E-state index in [9.17, 15) is 9.59 Å². The van der Waals surface area contributed by atoms with Gasteiger partial charge in [0.25, 0.3) is 0 Å². The largest absolute Gasteiger partial charge is 0.466 e. The van der Waals surface area contributed by atoms with Crippen molar-refractivity contribution < 1.29 is 14.3 Å². The fourth-order valence-electron chi connectivity index (χ4n) is 2.78. The van der Waals surface area contributed by atoms with Crippen molar-refractivity contribution in [2.24, 2.45) is 10.9 Å². The number of aliphatic imine (C=N–C) groups is 1. The fourth-order valence-corrected chi connectivity index (χ4v) is 2.78. The lowest BCUT2D eigenvalue weighted by molar-refractivity contribution is -0.143. The molecule has 7 nitrogen and oxygen atoms in total. The molecule has 1 saturated heterocycles. The quantitative estimate of drug-likeness (QED) is 0.187. The van der Waals surface area contributed by atoms with E-state index in [4.69, 9.17) is 4.74 Å². The number of likely N-dealkylation sites (tertiary alicyclic amines) is 1. The number of nitrogens with zero attached hydrogens (tertiary/aromatic N) is 2. The summed E-state index contributed by atoms with van der Waals surface area (Å²) in [4.78, 5) is 29.7. The molecule has 0 atom stereocenters. The minimum absolute atomic E-state index is 0. The van der Waals surface area contributed by atoms with Gasteiger partial charge in [-0.25, -0.2) is 0 Å². The first-order chi connectivity index (χ1) is 11.6. The molecule has 0 spiro atoms. The summed E-state index contributed by atoms with van der Waals surface area (Å²) in [7, 11) is 1.68. The average Bonchev–Trinajstić information content (AvgIpc) is 2.58. The number of nitrogens with one attached hydrogen (secondary N) is 2. The summed E-state index contributed by atoms with van der Waals surface area (Å²) >= 11 is 0. The molecule has 8 heteroatoms. The molecular weight excluding hydrogens is 435 g/mol. The van der Waals surface area contributed by atoms with Gasteiger partial charge in [-0.3, -0.25) is 14.6 Å². The summed E-state index contributed by atoms with van der Waals surface area (Å²) < 4.78 is 4.92. The lowest BCUT2D eigenvalue weighted by Gasteiger charge is -2.34. The monoisotopic (exact) mass is 468 g/mol. The molecule has 0 aliphatic carbocycles. The van der Waals surface area contributed by atoms with Crippen LogP contribution in [0.15, 0.2) is 4.99 Å². The Bertz CT molecular complexity index is 424. The first-order valence-corrected chi connectivity index (χ1v) is 9.00. The van der Waals surface area contributed by atoms with Gasteiger partial charge in [0.05, 0.1) is 6.61 Å². The van der Waals surface area contributed by atoms with Gasteiger partial charge in [-0.2, -0.15) is 0 Å². The van der Waals surface area contributed by atoms with Crippen LogP contribution in [0, 0.1) is 5.92 Å². The van der Waals surface area contributed by atoms with Gasteiger partial charge < -0.3 is 20.3 Å². The molecule has 0 aromatic rings. The third-order valence-electron chi connectivity index (χ3n) is 4.11. The number of ether oxygens (including phenoxy) is 1. The number of amides is 1. The second-order valence-electron chi connectivity index (χ2n) is 5.95. The minimum atomic E-state index is -0.160. The molecule has 1 fully saturated rings. The number of hydrogen-bond donors (Lipinski definition) is 2. The van der Waals surface area contributed by atoms with Crippen molar-refractivity contribution >= 4 is 41.8 Å². The summed E-state index contributed by atoms with van der Waals surface area (Å²) in [5.74, 6) is 1.31. The topological polar surface area (TPSA) is 83.0 Å². The molecule has 1 amide bonds. The molecule has 0 unspecified atom stereocenters. The highest BCUT2D eigenvalue weighted by atomic mass is 127. The number of carbonyl (C=O) groups excluding carboxylic acids is 2. The Balaban J connectivity index is 0.00000576. The van der Waals surface area contributed by atoms with Crippen molar-refractivity contribution in [1.82, 2.24) is 15.5 Å². The predicted molar refractivity (Wildman–Crippen MR) is 110 cm³/mol. The maximum Gasteiger partial charge on any atom is 0.305 e. The van der Waals surface area contributed by atoms with Crippen LogP contribution >= 0.6 is 24.0 Å². The Kier molecular flexibility index (Phi) is 13.5. The van der Waals surface area contributed by atoms with Crippen molar-refractivity contribution in [3.63, 3.8) is 0 Å². The van der Waals surface area contributed by atoms with Gasteiger partial charge in [-0.15, -0.1) is 24.0 Å². The summed E-state index contributed by atoms with van der Waals surface area (Å²) in [5.41, 5.74) is 0. The van der Waals surface area contributed by atoms with Gasteiger partial charge in [-0.05, 0) is 39.0 Å². The van der Waals surface area contributed by atoms with Gasteiger partial charge in [0.1, 0.15) is 0 Å². The maximum atomic E-state index is 11.5. The Morgan fingerprint density at radius 3 is 2.48 bits per heavy atom. The molecule has 0 saturated carbocycles. The molecule has 1 aliphatic heterocycles. The van der Waals surface area contributed by atoms with E-state index in [0.29, 0.717) is 38.3 Å². The van der Waals surface area contributed by atoms with Gasteiger partial charge in [0, 0.05) is 46.1 Å². The molecule has 0 aromatic carbocycles. The van der Waals surface area contributed by atoms with Crippen LogP contribution in [-0.4, -0.2) is 62.6 Å². The van der Waals surface area contributed by atoms with Gasteiger partial charge >= 0.3 is 5.97 Å². The van der Waals surface area contributed by atoms with E-state index in [1.165, 1.54) is 0 Å². The molecule has 1 rings (SSSR count). The van der Waals surface area contributed by atoms with Gasteiger partial charge in [0.15, 0.2) is 5.96 Å². The molecule has 2 N–H and O–H groups in total. The van der Waals surface area contributed by atoms with E-state index in [1.54, 1.807) is 7.05 Å². The van der Waals surface area contributed by atoms with Crippen LogP contribution < -0.4 is 10.6 Å². The number of halogens is 1. The standard InChI is InChI=1S/C17H32N4O3.HI/c1-4-19-17(20-10-6-7-16(23)24-5-2)21-11-8-14(9-12-21)13-15(22)18-3;/h14H,4-13H2,1-3H3,(H,18,22)(H,19,20);1H. The second kappa shape index (κ2) is 14.1. The lowest BCUT2D eigenvalue weighted by atomic mass is 9.93. The fraction of sp³-hybridized carbons (Fsp3) is 0.824. The Morgan fingerprint density at radius 1 is 1.24 bits per heavy atom. The SMILES string of the molecule is CCNC(=NCCCC(=O)OCC)N1CCC(CC(=O)NC)CC1.I. The van der Waals surface area contributed by atoms with E-state index in [0.717, 1.165) is 38.4 Å². The summed E-state index contributed by atoms with van der Waals surface area (Å²) in [6.45, 7) is 7.53. The smallest absolute Gasteiger partial charge is 0.305 e. The van der Waals surface area contributed by atoms with Crippen molar-refractivity contribution in [3.05, 3.63) is 0 Å². The van der Waals surface area contributed by atoms with E-state index in [1.807, 2.05) is 13.8 Å². The zero-order valence-electron chi connectivity index (χ0n) is 15.7. The van der Waals surface area contributed by atoms with Crippen LogP contribution in [0.3, 0.4) is 0 Å². The number of carbonyl (C=O) groups is 2. The molecule has 0 radical (unpaired) electrons. The molecule has 25 heavy (non-hydrogen) atoms. The third-order valence-corrected chi connectivity index (χ3v) is 4.11. The van der Waals surface area contributed by atoms with E-state index in [2.05, 4.69) is 20.5 Å². The normalized spacial score (nSPS) is 15.3. The van der Waals surface area contributed by atoms with Crippen LogP contribution in [0.2, 0.25) is 0 Å². The number of guanidine groups is 1. The predicted octanol–water partition coefficient (Wildman–Crippen LogP) is 1.76. The van der Waals surface area contributed by atoms with Crippen LogP contribution in [0.4, 0.5) is 0 Å². The zero-order chi connectivity index (χ0) is 17.8. The van der Waals surface area contributed by atoms with Crippen LogP contribution in [0.25, 0.3) is 0 Å². The molecule has 0 aromatic heterocycles. The van der Waals surface area contributed by atoms with Crippen LogP contribution in [0.1, 0.15) is 46.0 Å². The molecule has 0 bridgehead atoms. The summed E-state index contributed by atoms with van der Waals surface area (Å²) in [6.07, 6.45) is 3.71. The second-order valence-corrected chi connectivity index (χ2v) is 5.95. The van der Waals surface area contributed by atoms with E-state index >= 15 is 0 Å². The molecule has 146 valence electrons. The van der Waals surface area contributed by atoms with E-state index < -0.39 is 0 Å². The van der Waals surface area contributed by atoms with Crippen molar-refractivity contribution in [2.75, 3.05) is 39.8 Å². The van der Waals surface area contributed by atoms with Crippen molar-refractivity contribution in [1.29, 1.82) is 0 Å². The number of piperidine rings is 1. The maximum absolute atomic E-state index is 11.5. The summed E-state index contributed by atoms with van der Waals surface area (Å²) in [6, 6.07) is 0. The zero-order valence-corrected chi connectivity index (χ0v) is 18.0. The summed E-state index contributed by atoms with van der Waals surface area (Å²) in [5, 5.41) is 6.01. The Labute approximate surface area is 168 Å².